The molecule has 0 aromatic carbocycles. The number of ether oxygens (including phenoxy) is 1. The molecule has 2 aromatic heterocycles. The zero-order valence-corrected chi connectivity index (χ0v) is 15.7. The number of aldehydes is 1. The molecule has 128 valence electrons. The molecule has 0 fully saturated rings. The Labute approximate surface area is 143 Å². The zero-order chi connectivity index (χ0) is 17.2. The highest BCUT2D eigenvalue weighted by atomic mass is 32.1. The average Bonchev–Trinajstić information content (AvgIpc) is 2.94. The highest BCUT2D eigenvalue weighted by Crippen LogP contribution is 2.26. The summed E-state index contributed by atoms with van der Waals surface area (Å²) >= 11 is 1.38. The van der Waals surface area contributed by atoms with Crippen LogP contribution in [0.3, 0.4) is 0 Å². The van der Waals surface area contributed by atoms with Gasteiger partial charge in [0.05, 0.1) is 0 Å². The lowest BCUT2D eigenvalue weighted by atomic mass is 9.96. The van der Waals surface area contributed by atoms with Crippen LogP contribution in [0.2, 0.25) is 0 Å². The molecule has 0 aliphatic heterocycles. The summed E-state index contributed by atoms with van der Waals surface area (Å²) in [5.41, 5.74) is 3.40. The Morgan fingerprint density at radius 3 is 2.43 bits per heavy atom. The van der Waals surface area contributed by atoms with Gasteiger partial charge in [0.15, 0.2) is 11.3 Å². The van der Waals surface area contributed by atoms with Gasteiger partial charge in [0.25, 0.3) is 0 Å². The molecule has 1 aliphatic carbocycles. The fourth-order valence-corrected chi connectivity index (χ4v) is 2.80. The van der Waals surface area contributed by atoms with Crippen LogP contribution in [0.1, 0.15) is 61.6 Å². The Bertz CT molecular complexity index is 561. The van der Waals surface area contributed by atoms with Gasteiger partial charge in [-0.15, -0.1) is 0 Å². The summed E-state index contributed by atoms with van der Waals surface area (Å²) in [6, 6.07) is 2.10. The molecule has 0 amide bonds. The van der Waals surface area contributed by atoms with Crippen molar-refractivity contribution in [3.8, 4) is 0 Å². The van der Waals surface area contributed by atoms with Crippen LogP contribution in [0.25, 0.3) is 10.3 Å². The number of pyridine rings is 1. The van der Waals surface area contributed by atoms with Crippen LogP contribution >= 0.6 is 11.3 Å². The van der Waals surface area contributed by atoms with Gasteiger partial charge in [-0.05, 0) is 50.2 Å². The fourth-order valence-electron chi connectivity index (χ4n) is 2.05. The van der Waals surface area contributed by atoms with Gasteiger partial charge in [0, 0.05) is 19.4 Å². The summed E-state index contributed by atoms with van der Waals surface area (Å²) in [6.45, 7) is 9.28. The van der Waals surface area contributed by atoms with Gasteiger partial charge in [-0.2, -0.15) is 0 Å². The molecule has 0 radical (unpaired) electrons. The normalized spacial score (nSPS) is 12.8. The number of carbonyl (C=O) groups excluding carboxylic acids is 1. The molecule has 0 unspecified atom stereocenters. The summed E-state index contributed by atoms with van der Waals surface area (Å²) in [4.78, 5) is 20.3. The fraction of sp³-hybridized carbons (Fsp3) is 0.611. The van der Waals surface area contributed by atoms with Crippen molar-refractivity contribution in [3.05, 3.63) is 22.3 Å². The molecule has 2 heterocycles. The third-order valence-corrected chi connectivity index (χ3v) is 3.96. The van der Waals surface area contributed by atoms with E-state index in [9.17, 15) is 4.79 Å². The number of carbonyl (C=O) groups is 1. The molecule has 0 spiro atoms. The Balaban J connectivity index is 0.000000281. The lowest BCUT2D eigenvalue weighted by molar-refractivity contribution is 0.112. The second-order valence-electron chi connectivity index (χ2n) is 6.10. The molecule has 0 saturated carbocycles. The van der Waals surface area contributed by atoms with Crippen molar-refractivity contribution in [2.24, 2.45) is 5.92 Å². The van der Waals surface area contributed by atoms with Gasteiger partial charge in [0.1, 0.15) is 10.3 Å². The van der Waals surface area contributed by atoms with E-state index in [0.29, 0.717) is 5.01 Å². The van der Waals surface area contributed by atoms with E-state index >= 15 is 0 Å². The molecule has 1 aliphatic rings. The maximum absolute atomic E-state index is 10.6. The Morgan fingerprint density at radius 1 is 1.26 bits per heavy atom. The van der Waals surface area contributed by atoms with Crippen molar-refractivity contribution < 1.29 is 9.53 Å². The maximum atomic E-state index is 10.6. The number of hydrogen-bond acceptors (Lipinski definition) is 5. The Hall–Kier alpha value is -1.33. The largest absolute Gasteiger partial charge is 0.385 e. The second-order valence-corrected chi connectivity index (χ2v) is 7.11. The van der Waals surface area contributed by atoms with Crippen LogP contribution in [0.5, 0.6) is 0 Å². The number of fused-ring (bicyclic) bond motifs is 2. The quantitative estimate of drug-likeness (QED) is 0.746. The van der Waals surface area contributed by atoms with E-state index in [1.807, 2.05) is 6.92 Å². The van der Waals surface area contributed by atoms with E-state index in [0.717, 1.165) is 42.0 Å². The molecule has 0 atom stereocenters. The molecule has 2 aromatic rings. The van der Waals surface area contributed by atoms with E-state index in [1.54, 1.807) is 7.11 Å². The van der Waals surface area contributed by atoms with Crippen molar-refractivity contribution in [2.75, 3.05) is 13.7 Å². The summed E-state index contributed by atoms with van der Waals surface area (Å²) in [6.07, 6.45) is 5.44. The third kappa shape index (κ3) is 6.75. The topological polar surface area (TPSA) is 52.1 Å². The number of thiazole rings is 1. The molecule has 3 rings (SSSR count). The zero-order valence-electron chi connectivity index (χ0n) is 14.9. The lowest BCUT2D eigenvalue weighted by Gasteiger charge is -2.13. The molecule has 23 heavy (non-hydrogen) atoms. The van der Waals surface area contributed by atoms with Crippen LogP contribution in [-0.2, 0) is 17.6 Å². The number of aryl methyl sites for hydroxylation is 2. The lowest BCUT2D eigenvalue weighted by Crippen LogP contribution is -2.04. The number of nitrogens with zero attached hydrogens (tertiary/aromatic N) is 2. The molecule has 0 bridgehead atoms. The minimum Gasteiger partial charge on any atom is -0.385 e. The van der Waals surface area contributed by atoms with E-state index in [1.165, 1.54) is 35.4 Å². The highest BCUT2D eigenvalue weighted by molar-refractivity contribution is 7.19. The molecule has 5 heteroatoms. The van der Waals surface area contributed by atoms with Gasteiger partial charge in [-0.3, -0.25) is 4.79 Å². The SMILES string of the molecule is CC(C)C.CCOC.O=Cc1nc2cc3c(nc2s1)CCCC3. The molecular formula is C18H28N2O2S. The maximum Gasteiger partial charge on any atom is 0.178 e. The van der Waals surface area contributed by atoms with Crippen molar-refractivity contribution in [3.63, 3.8) is 0 Å². The Kier molecular flexibility index (Phi) is 8.95. The van der Waals surface area contributed by atoms with Crippen LogP contribution in [0.15, 0.2) is 6.07 Å². The highest BCUT2D eigenvalue weighted by Gasteiger charge is 2.13. The number of rotatable bonds is 2. The molecule has 0 N–H and O–H groups in total. The number of aromatic nitrogens is 2. The van der Waals surface area contributed by atoms with Crippen molar-refractivity contribution in [1.29, 1.82) is 0 Å². The monoisotopic (exact) mass is 336 g/mol. The predicted octanol–water partition coefficient (Wildman–Crippen LogP) is 4.70. The Morgan fingerprint density at radius 2 is 1.87 bits per heavy atom. The van der Waals surface area contributed by atoms with Crippen LogP contribution < -0.4 is 0 Å². The second kappa shape index (κ2) is 10.4. The van der Waals surface area contributed by atoms with Gasteiger partial charge >= 0.3 is 0 Å². The number of hydrogen-bond donors (Lipinski definition) is 0. The first kappa shape index (κ1) is 19.7. The van der Waals surface area contributed by atoms with E-state index in [-0.39, 0.29) is 0 Å². The predicted molar refractivity (Wildman–Crippen MR) is 97.5 cm³/mol. The first-order valence-corrected chi connectivity index (χ1v) is 9.06. The molecule has 4 nitrogen and oxygen atoms in total. The summed E-state index contributed by atoms with van der Waals surface area (Å²) < 4.78 is 4.54. The van der Waals surface area contributed by atoms with E-state index in [4.69, 9.17) is 0 Å². The van der Waals surface area contributed by atoms with Crippen LogP contribution in [-0.4, -0.2) is 30.0 Å². The van der Waals surface area contributed by atoms with Gasteiger partial charge in [-0.1, -0.05) is 32.1 Å². The van der Waals surface area contributed by atoms with E-state index < -0.39 is 0 Å². The number of methoxy groups -OCH3 is 1. The van der Waals surface area contributed by atoms with Crippen LogP contribution in [0.4, 0.5) is 0 Å². The van der Waals surface area contributed by atoms with Gasteiger partial charge < -0.3 is 4.74 Å². The third-order valence-electron chi connectivity index (χ3n) is 3.07. The summed E-state index contributed by atoms with van der Waals surface area (Å²) in [5, 5.41) is 0.528. The van der Waals surface area contributed by atoms with Crippen molar-refractivity contribution in [1.82, 2.24) is 9.97 Å². The summed E-state index contributed by atoms with van der Waals surface area (Å²) in [7, 11) is 1.68. The average molecular weight is 337 g/mol. The van der Waals surface area contributed by atoms with Crippen molar-refractivity contribution in [2.45, 2.75) is 53.4 Å². The first-order valence-electron chi connectivity index (χ1n) is 8.25. The minimum absolute atomic E-state index is 0.528. The minimum atomic E-state index is 0.528. The van der Waals surface area contributed by atoms with Crippen molar-refractivity contribution >= 4 is 28.0 Å². The molecule has 0 saturated heterocycles. The standard InChI is InChI=1S/C11H10N2OS.C4H10.C3H8O/c14-6-10-12-9-5-7-3-1-2-4-8(7)13-11(9)15-10;1-4(2)3;1-3-4-2/h5-6H,1-4H2;4H,1-3H3;3H2,1-2H3. The van der Waals surface area contributed by atoms with Gasteiger partial charge in [-0.25, -0.2) is 9.97 Å². The first-order chi connectivity index (χ1) is 11.0. The molecular weight excluding hydrogens is 308 g/mol. The smallest absolute Gasteiger partial charge is 0.178 e. The van der Waals surface area contributed by atoms with E-state index in [2.05, 4.69) is 41.5 Å². The summed E-state index contributed by atoms with van der Waals surface area (Å²) in [5.74, 6) is 0.833. The van der Waals surface area contributed by atoms with Gasteiger partial charge in [0.2, 0.25) is 0 Å². The van der Waals surface area contributed by atoms with Crippen LogP contribution in [0, 0.1) is 5.92 Å².